The van der Waals surface area contributed by atoms with Crippen molar-refractivity contribution in [2.75, 3.05) is 9.80 Å². The topological polar surface area (TPSA) is 83.8 Å². The van der Waals surface area contributed by atoms with Crippen LogP contribution in [0.4, 0.5) is 34.1 Å². The van der Waals surface area contributed by atoms with E-state index in [0.29, 0.717) is 11.6 Å². The third kappa shape index (κ3) is 9.12. The maximum Gasteiger partial charge on any atom is 0.161 e. The molecule has 0 fully saturated rings. The van der Waals surface area contributed by atoms with Gasteiger partial charge in [0.1, 0.15) is 0 Å². The molecule has 0 unspecified atom stereocenters. The fraction of sp³-hybridized carbons (Fsp3) is 0. The van der Waals surface area contributed by atoms with Gasteiger partial charge in [0.2, 0.25) is 0 Å². The molecule has 2 aliphatic heterocycles. The molecule has 2 aliphatic rings. The second kappa shape index (κ2) is 23.7. The second-order valence-corrected chi connectivity index (χ2v) is 30.8. The first-order chi connectivity index (χ1) is 54.5. The Morgan fingerprint density at radius 2 is 0.736 bits per heavy atom. The molecule has 0 radical (unpaired) electrons. The van der Waals surface area contributed by atoms with Crippen molar-refractivity contribution in [1.29, 1.82) is 0 Å². The third-order valence-corrected chi connectivity index (χ3v) is 25.2. The van der Waals surface area contributed by atoms with E-state index in [0.717, 1.165) is 175 Å². The van der Waals surface area contributed by atoms with Gasteiger partial charge in [-0.05, 0) is 139 Å². The van der Waals surface area contributed by atoms with E-state index in [1.807, 2.05) is 24.5 Å². The zero-order chi connectivity index (χ0) is 71.8. The van der Waals surface area contributed by atoms with Crippen molar-refractivity contribution < 1.29 is 0 Å². The Kier molecular flexibility index (Phi) is 13.1. The summed E-state index contributed by atoms with van der Waals surface area (Å²) in [4.78, 5) is 37.3. The zero-order valence-electron chi connectivity index (χ0n) is 58.7. The van der Waals surface area contributed by atoms with Crippen LogP contribution in [0.3, 0.4) is 0 Å². The van der Waals surface area contributed by atoms with Gasteiger partial charge in [0.25, 0.3) is 0 Å². The minimum atomic E-state index is 0.650. The van der Waals surface area contributed by atoms with E-state index in [9.17, 15) is 0 Å². The monoisotopic (exact) mass is 1430 g/mol. The van der Waals surface area contributed by atoms with Crippen LogP contribution in [-0.4, -0.2) is 29.9 Å². The van der Waals surface area contributed by atoms with Gasteiger partial charge >= 0.3 is 0 Å². The molecule has 0 aliphatic carbocycles. The van der Waals surface area contributed by atoms with E-state index in [1.54, 1.807) is 22.7 Å². The Balaban J connectivity index is 0.653. The molecule has 8 nitrogen and oxygen atoms in total. The predicted molar refractivity (Wildman–Crippen MR) is 462 cm³/mol. The second-order valence-electron chi connectivity index (χ2n) is 28.7. The smallest absolute Gasteiger partial charge is 0.161 e. The Labute approximate surface area is 638 Å². The van der Waals surface area contributed by atoms with Gasteiger partial charge in [0.05, 0.1) is 65.6 Å². The summed E-state index contributed by atoms with van der Waals surface area (Å²) in [5.41, 5.74) is 25.3. The molecule has 508 valence electrons. The summed E-state index contributed by atoms with van der Waals surface area (Å²) in [7, 11) is 0. The molecule has 16 aromatic carbocycles. The van der Waals surface area contributed by atoms with Crippen molar-refractivity contribution in [2.45, 2.75) is 0 Å². The van der Waals surface area contributed by atoms with E-state index in [4.69, 9.17) is 29.9 Å². The lowest BCUT2D eigenvalue weighted by Crippen LogP contribution is -2.15. The molecule has 110 heavy (non-hydrogen) atoms. The van der Waals surface area contributed by atoms with E-state index < -0.39 is 0 Å². The van der Waals surface area contributed by atoms with Crippen molar-refractivity contribution in [1.82, 2.24) is 29.9 Å². The highest BCUT2D eigenvalue weighted by Gasteiger charge is 2.32. The van der Waals surface area contributed by atoms with Gasteiger partial charge in [0, 0.05) is 115 Å². The molecule has 0 saturated carbocycles. The van der Waals surface area contributed by atoms with Crippen LogP contribution in [0, 0.1) is 0 Å². The van der Waals surface area contributed by atoms with Gasteiger partial charge in [0.15, 0.2) is 11.6 Å². The van der Waals surface area contributed by atoms with E-state index in [2.05, 4.69) is 325 Å². The van der Waals surface area contributed by atoms with Crippen LogP contribution in [0.25, 0.3) is 206 Å². The van der Waals surface area contributed by atoms with Gasteiger partial charge in [-0.25, -0.2) is 19.9 Å². The largest absolute Gasteiger partial charge is 0.309 e. The molecule has 0 spiro atoms. The molecule has 10 heteroatoms. The van der Waals surface area contributed by atoms with Gasteiger partial charge in [-0.1, -0.05) is 249 Å². The van der Waals surface area contributed by atoms with Gasteiger partial charge in [-0.2, -0.15) is 0 Å². The molecular formula is C100H56N8S2. The Morgan fingerprint density at radius 3 is 1.49 bits per heavy atom. The van der Waals surface area contributed by atoms with Gasteiger partial charge < -0.3 is 9.80 Å². The average Bonchev–Trinajstić information content (AvgIpc) is 0.745. The SMILES string of the molecule is c1cc(-c2nc(-c3ccc(-c4cccc5cccnc45)cc3)c3sc4ccccc4c3n2)c2cc(N3c4c(ccc5ccccc45)-c4cc(-c5cccc6c5sc5c(-c7cccc8cccnc78)nc(-c7ccc(N8c9c(ccc%10ccccc9%10)-c9cccc%10cccc8c9%10)cc7)nc56)cc5cccc3c45)ccc2c1. The summed E-state index contributed by atoms with van der Waals surface area (Å²) in [6.07, 6.45) is 3.75. The zero-order valence-corrected chi connectivity index (χ0v) is 60.4. The number of nitrogens with zero attached hydrogens (tertiary/aromatic N) is 8. The molecule has 8 heterocycles. The van der Waals surface area contributed by atoms with Crippen LogP contribution in [0.5, 0.6) is 0 Å². The summed E-state index contributed by atoms with van der Waals surface area (Å²) < 4.78 is 4.40. The van der Waals surface area contributed by atoms with E-state index in [-0.39, 0.29) is 0 Å². The first-order valence-corrected chi connectivity index (χ1v) is 38.8. The highest BCUT2D eigenvalue weighted by molar-refractivity contribution is 7.27. The number of pyridine rings is 2. The van der Waals surface area contributed by atoms with Crippen LogP contribution < -0.4 is 9.80 Å². The number of anilines is 6. The number of rotatable bonds is 8. The minimum absolute atomic E-state index is 0.650. The number of hydrogen-bond donors (Lipinski definition) is 0. The number of hydrogen-bond acceptors (Lipinski definition) is 10. The first-order valence-electron chi connectivity index (χ1n) is 37.1. The minimum Gasteiger partial charge on any atom is -0.309 e. The van der Waals surface area contributed by atoms with Crippen molar-refractivity contribution in [2.24, 2.45) is 0 Å². The average molecular weight is 1430 g/mol. The first kappa shape index (κ1) is 61.0. The number of aromatic nitrogens is 6. The molecule has 22 aromatic rings. The number of para-hydroxylation sites is 2. The van der Waals surface area contributed by atoms with Crippen molar-refractivity contribution in [3.8, 4) is 89.8 Å². The van der Waals surface area contributed by atoms with Crippen LogP contribution in [0.15, 0.2) is 340 Å². The van der Waals surface area contributed by atoms with Gasteiger partial charge in [-0.15, -0.1) is 22.7 Å². The molecule has 0 atom stereocenters. The lowest BCUT2D eigenvalue weighted by Gasteiger charge is -2.35. The number of benzene rings is 16. The van der Waals surface area contributed by atoms with E-state index in [1.165, 1.54) is 54.0 Å². The Morgan fingerprint density at radius 1 is 0.236 bits per heavy atom. The maximum atomic E-state index is 5.66. The highest BCUT2D eigenvalue weighted by Crippen LogP contribution is 2.58. The standard InChI is InChI=1S/C100H56N8S2/c1-3-26-71-57(16-1)45-50-75-74-31-8-19-61-20-11-35-83(86(61)74)107(94(71)75)68-47-43-65(44-48-68)99-104-92(79-33-10-22-63-25-15-53-102-89(63)79)98-93(105-99)80-34-13-30-73(96(80)110-98)67-54-66-23-12-36-84-87(66)82(55-67)76-51-46-58-17-2-4-27-72(58)95(76)108(84)69-49-42-59-18-7-32-77(81(59)56-69)100-103-90(97-91(106-100)78-28-5-6-37-85(78)109-97)64-40-38-60(39-41-64)70-29-9-21-62-24-14-52-101-88(62)70/h1-56H. The Bertz CT molecular complexity index is 7740. The van der Waals surface area contributed by atoms with E-state index >= 15 is 0 Å². The van der Waals surface area contributed by atoms with Crippen LogP contribution in [0.1, 0.15) is 0 Å². The summed E-state index contributed by atoms with van der Waals surface area (Å²) in [5.74, 6) is 1.33. The van der Waals surface area contributed by atoms with Crippen molar-refractivity contribution in [3.63, 3.8) is 0 Å². The number of thiophene rings is 2. The van der Waals surface area contributed by atoms with Crippen LogP contribution in [0.2, 0.25) is 0 Å². The maximum absolute atomic E-state index is 5.66. The molecule has 0 N–H and O–H groups in total. The molecule has 6 aromatic heterocycles. The summed E-state index contributed by atoms with van der Waals surface area (Å²) >= 11 is 3.52. The molecule has 0 bridgehead atoms. The normalized spacial score (nSPS) is 12.5. The molecular weight excluding hydrogens is 1380 g/mol. The summed E-state index contributed by atoms with van der Waals surface area (Å²) in [6, 6.07) is 119. The molecule has 24 rings (SSSR count). The number of fused-ring (bicyclic) bond motifs is 17. The van der Waals surface area contributed by atoms with Crippen LogP contribution >= 0.6 is 22.7 Å². The Hall–Kier alpha value is -14.2. The third-order valence-electron chi connectivity index (χ3n) is 22.8. The fourth-order valence-electron chi connectivity index (χ4n) is 17.8. The lowest BCUT2D eigenvalue weighted by molar-refractivity contribution is 1.23. The summed E-state index contributed by atoms with van der Waals surface area (Å²) in [6.45, 7) is 0. The summed E-state index contributed by atoms with van der Waals surface area (Å²) in [5, 5.41) is 16.1. The predicted octanol–water partition coefficient (Wildman–Crippen LogP) is 27.8. The van der Waals surface area contributed by atoms with Gasteiger partial charge in [-0.3, -0.25) is 9.97 Å². The molecule has 0 amide bonds. The quantitative estimate of drug-likeness (QED) is 0.149. The van der Waals surface area contributed by atoms with Crippen molar-refractivity contribution in [3.05, 3.63) is 340 Å². The lowest BCUT2D eigenvalue weighted by atomic mass is 9.86. The molecule has 0 saturated heterocycles. The van der Waals surface area contributed by atoms with Crippen molar-refractivity contribution >= 4 is 173 Å². The fourth-order valence-corrected chi connectivity index (χ4v) is 20.2. The van der Waals surface area contributed by atoms with Crippen LogP contribution in [-0.2, 0) is 0 Å². The highest BCUT2D eigenvalue weighted by atomic mass is 32.1.